The molecule has 0 aromatic heterocycles. The largest absolute Gasteiger partial charge is 0.508 e. The molecule has 1 aromatic carbocycles. The first kappa shape index (κ1) is 27.5. The maximum absolute atomic E-state index is 13.7. The molecule has 34 heavy (non-hydrogen) atoms. The molecule has 0 radical (unpaired) electrons. The van der Waals surface area contributed by atoms with Gasteiger partial charge in [0.1, 0.15) is 23.9 Å². The van der Waals surface area contributed by atoms with Gasteiger partial charge in [-0.05, 0) is 71.6 Å². The molecular weight excluding hydrogens is 434 g/mol. The summed E-state index contributed by atoms with van der Waals surface area (Å²) in [6, 6.07) is 5.53. The maximum atomic E-state index is 13.7. The summed E-state index contributed by atoms with van der Waals surface area (Å²) in [6.45, 7) is 10.6. The number of carbonyl (C=O) groups is 3. The lowest BCUT2D eigenvalue weighted by molar-refractivity contribution is -0.147. The highest BCUT2D eigenvalue weighted by Gasteiger charge is 2.40. The molecule has 3 amide bonds. The summed E-state index contributed by atoms with van der Waals surface area (Å²) in [6.07, 6.45) is 4.97. The molecule has 2 rings (SSSR count). The monoisotopic (exact) mass is 475 g/mol. The highest BCUT2D eigenvalue weighted by Crippen LogP contribution is 2.33. The van der Waals surface area contributed by atoms with Gasteiger partial charge in [-0.3, -0.25) is 9.59 Å². The zero-order valence-electron chi connectivity index (χ0n) is 21.4. The Bertz CT molecular complexity index is 856. The fourth-order valence-corrected chi connectivity index (χ4v) is 4.19. The van der Waals surface area contributed by atoms with E-state index in [9.17, 15) is 19.5 Å². The van der Waals surface area contributed by atoms with Crippen molar-refractivity contribution in [3.05, 3.63) is 29.8 Å². The Balaban J connectivity index is 2.37. The summed E-state index contributed by atoms with van der Waals surface area (Å²) in [4.78, 5) is 40.9. The topological polar surface area (TPSA) is 108 Å². The highest BCUT2D eigenvalue weighted by atomic mass is 16.6. The molecule has 1 aromatic rings. The molecule has 0 heterocycles. The van der Waals surface area contributed by atoms with Gasteiger partial charge >= 0.3 is 6.09 Å². The number of rotatable bonds is 8. The van der Waals surface area contributed by atoms with Crippen LogP contribution in [0, 0.1) is 0 Å². The standard InChI is InChI=1S/C26H41N3O5/c1-7-26(5,6)29(21(31)17-27-24(33)34-25(2,3)4)22(18-12-11-15-20(30)16-18)23(32)28-19-13-9-8-10-14-19/h11-12,15-16,19,22,30H,7-10,13-14,17H2,1-6H3,(H,27,33)(H,28,32). The highest BCUT2D eigenvalue weighted by molar-refractivity contribution is 5.91. The van der Waals surface area contributed by atoms with Crippen LogP contribution in [-0.2, 0) is 14.3 Å². The summed E-state index contributed by atoms with van der Waals surface area (Å²) in [5.41, 5.74) is -0.882. The number of phenolic OH excluding ortho intramolecular Hbond substituents is 1. The van der Waals surface area contributed by atoms with Crippen molar-refractivity contribution in [2.45, 2.75) is 103 Å². The van der Waals surface area contributed by atoms with Crippen LogP contribution < -0.4 is 10.6 Å². The van der Waals surface area contributed by atoms with Gasteiger partial charge in [-0.25, -0.2) is 4.79 Å². The number of alkyl carbamates (subject to hydrolysis) is 1. The molecule has 8 heteroatoms. The van der Waals surface area contributed by atoms with E-state index in [1.165, 1.54) is 17.0 Å². The molecule has 0 spiro atoms. The van der Waals surface area contributed by atoms with Crippen molar-refractivity contribution < 1.29 is 24.2 Å². The van der Waals surface area contributed by atoms with Gasteiger partial charge in [0.2, 0.25) is 11.8 Å². The number of hydrogen-bond donors (Lipinski definition) is 3. The van der Waals surface area contributed by atoms with Crippen LogP contribution in [0.15, 0.2) is 24.3 Å². The van der Waals surface area contributed by atoms with Crippen molar-refractivity contribution in [3.63, 3.8) is 0 Å². The lowest BCUT2D eigenvalue weighted by Crippen LogP contribution is -2.56. The minimum absolute atomic E-state index is 0.0153. The second-order valence-electron chi connectivity index (χ2n) is 10.6. The molecule has 1 saturated carbocycles. The Morgan fingerprint density at radius 3 is 2.32 bits per heavy atom. The minimum Gasteiger partial charge on any atom is -0.508 e. The van der Waals surface area contributed by atoms with E-state index in [4.69, 9.17) is 4.74 Å². The van der Waals surface area contributed by atoms with Gasteiger partial charge in [-0.2, -0.15) is 0 Å². The van der Waals surface area contributed by atoms with E-state index in [1.807, 2.05) is 20.8 Å². The van der Waals surface area contributed by atoms with Crippen LogP contribution >= 0.6 is 0 Å². The van der Waals surface area contributed by atoms with Crippen LogP contribution in [0.5, 0.6) is 5.75 Å². The summed E-state index contributed by atoms with van der Waals surface area (Å²) in [5, 5.41) is 15.8. The Hall–Kier alpha value is -2.77. The first-order valence-electron chi connectivity index (χ1n) is 12.2. The first-order valence-corrected chi connectivity index (χ1v) is 12.2. The fourth-order valence-electron chi connectivity index (χ4n) is 4.19. The average Bonchev–Trinajstić information content (AvgIpc) is 2.75. The van der Waals surface area contributed by atoms with Crippen LogP contribution in [0.3, 0.4) is 0 Å². The zero-order valence-corrected chi connectivity index (χ0v) is 21.4. The smallest absolute Gasteiger partial charge is 0.408 e. The molecule has 1 fully saturated rings. The van der Waals surface area contributed by atoms with Gasteiger partial charge < -0.3 is 25.4 Å². The molecule has 8 nitrogen and oxygen atoms in total. The van der Waals surface area contributed by atoms with E-state index >= 15 is 0 Å². The molecule has 3 N–H and O–H groups in total. The predicted molar refractivity (Wildman–Crippen MR) is 131 cm³/mol. The Labute approximate surface area is 203 Å². The van der Waals surface area contributed by atoms with Crippen LogP contribution in [-0.4, -0.2) is 51.6 Å². The number of nitrogens with one attached hydrogen (secondary N) is 2. The van der Waals surface area contributed by atoms with Crippen LogP contribution in [0.4, 0.5) is 4.79 Å². The SMILES string of the molecule is CCC(C)(C)N(C(=O)CNC(=O)OC(C)(C)C)C(C(=O)NC1CCCCC1)c1cccc(O)c1. The second-order valence-corrected chi connectivity index (χ2v) is 10.6. The number of nitrogens with zero attached hydrogens (tertiary/aromatic N) is 1. The van der Waals surface area contributed by atoms with Gasteiger partial charge in [0.25, 0.3) is 0 Å². The quantitative estimate of drug-likeness (QED) is 0.516. The number of amides is 3. The Morgan fingerprint density at radius 2 is 1.76 bits per heavy atom. The normalized spacial score (nSPS) is 15.8. The van der Waals surface area contributed by atoms with Gasteiger partial charge in [0.15, 0.2) is 0 Å². The lowest BCUT2D eigenvalue weighted by Gasteiger charge is -2.43. The molecule has 1 aliphatic carbocycles. The van der Waals surface area contributed by atoms with Crippen molar-refractivity contribution >= 4 is 17.9 Å². The summed E-state index contributed by atoms with van der Waals surface area (Å²) in [5.74, 6) is -0.684. The number of benzene rings is 1. The van der Waals surface area contributed by atoms with Gasteiger partial charge in [0, 0.05) is 11.6 Å². The Morgan fingerprint density at radius 1 is 1.12 bits per heavy atom. The Kier molecular flexibility index (Phi) is 9.36. The lowest BCUT2D eigenvalue weighted by atomic mass is 9.91. The second kappa shape index (κ2) is 11.6. The summed E-state index contributed by atoms with van der Waals surface area (Å²) in [7, 11) is 0. The predicted octanol–water partition coefficient (Wildman–Crippen LogP) is 4.42. The van der Waals surface area contributed by atoms with Crippen LogP contribution in [0.2, 0.25) is 0 Å². The van der Waals surface area contributed by atoms with Crippen molar-refractivity contribution in [2.24, 2.45) is 0 Å². The molecule has 190 valence electrons. The van der Waals surface area contributed by atoms with Crippen molar-refractivity contribution in [2.75, 3.05) is 6.54 Å². The molecule has 1 unspecified atom stereocenters. The maximum Gasteiger partial charge on any atom is 0.408 e. The molecule has 0 saturated heterocycles. The molecule has 1 aliphatic rings. The number of phenols is 1. The molecule has 0 aliphatic heterocycles. The third-order valence-electron chi connectivity index (χ3n) is 6.21. The van der Waals surface area contributed by atoms with E-state index in [2.05, 4.69) is 10.6 Å². The summed E-state index contributed by atoms with van der Waals surface area (Å²) < 4.78 is 5.26. The molecular formula is C26H41N3O5. The van der Waals surface area contributed by atoms with Gasteiger partial charge in [0.05, 0.1) is 0 Å². The molecule has 0 bridgehead atoms. The average molecular weight is 476 g/mol. The first-order chi connectivity index (χ1) is 15.8. The van der Waals surface area contributed by atoms with Crippen LogP contribution in [0.1, 0.15) is 91.7 Å². The van der Waals surface area contributed by atoms with Crippen molar-refractivity contribution in [1.82, 2.24) is 15.5 Å². The van der Waals surface area contributed by atoms with E-state index in [0.717, 1.165) is 32.1 Å². The van der Waals surface area contributed by atoms with E-state index in [-0.39, 0.29) is 24.2 Å². The number of carbonyl (C=O) groups excluding carboxylic acids is 3. The van der Waals surface area contributed by atoms with E-state index in [0.29, 0.717) is 12.0 Å². The van der Waals surface area contributed by atoms with Gasteiger partial charge in [-0.15, -0.1) is 0 Å². The number of ether oxygens (including phenoxy) is 1. The van der Waals surface area contributed by atoms with E-state index < -0.39 is 29.2 Å². The van der Waals surface area contributed by atoms with E-state index in [1.54, 1.807) is 32.9 Å². The van der Waals surface area contributed by atoms with Crippen LogP contribution in [0.25, 0.3) is 0 Å². The summed E-state index contributed by atoms with van der Waals surface area (Å²) >= 11 is 0. The third-order valence-corrected chi connectivity index (χ3v) is 6.21. The number of hydrogen-bond acceptors (Lipinski definition) is 5. The van der Waals surface area contributed by atoms with Crippen molar-refractivity contribution in [3.8, 4) is 5.75 Å². The molecule has 1 atom stereocenters. The minimum atomic E-state index is -0.961. The number of aromatic hydroxyl groups is 1. The van der Waals surface area contributed by atoms with Crippen molar-refractivity contribution in [1.29, 1.82) is 0 Å². The zero-order chi connectivity index (χ0) is 25.5. The van der Waals surface area contributed by atoms with Gasteiger partial charge in [-0.1, -0.05) is 38.3 Å². The third kappa shape index (κ3) is 7.92. The fraction of sp³-hybridized carbons (Fsp3) is 0.654.